The highest BCUT2D eigenvalue weighted by Gasteiger charge is 2.16. The normalized spacial score (nSPS) is 10.4. The average Bonchev–Trinajstić information content (AvgIpc) is 2.94. The summed E-state index contributed by atoms with van der Waals surface area (Å²) >= 11 is 6.09. The van der Waals surface area contributed by atoms with Gasteiger partial charge in [-0.3, -0.25) is 9.69 Å². The van der Waals surface area contributed by atoms with Crippen LogP contribution in [0.2, 0.25) is 5.02 Å². The number of hydrogen-bond acceptors (Lipinski definition) is 3. The maximum atomic E-state index is 13.2. The predicted octanol–water partition coefficient (Wildman–Crippen LogP) is 7.31. The molecule has 194 valence electrons. The number of amides is 3. The van der Waals surface area contributed by atoms with Crippen molar-refractivity contribution in [2.75, 3.05) is 23.3 Å². The van der Waals surface area contributed by atoms with E-state index in [9.17, 15) is 9.59 Å². The van der Waals surface area contributed by atoms with Crippen molar-refractivity contribution in [3.8, 4) is 11.5 Å². The number of aryl methyl sites for hydroxylation is 1. The molecule has 0 aliphatic carbocycles. The van der Waals surface area contributed by atoms with Crippen molar-refractivity contribution in [2.24, 2.45) is 0 Å². The molecule has 0 radical (unpaired) electrons. The third-order valence-corrected chi connectivity index (χ3v) is 6.05. The van der Waals surface area contributed by atoms with Crippen molar-refractivity contribution >= 4 is 34.9 Å². The molecule has 38 heavy (non-hydrogen) atoms. The zero-order chi connectivity index (χ0) is 26.6. The molecule has 0 fully saturated rings. The Labute approximate surface area is 228 Å². The Morgan fingerprint density at radius 1 is 0.789 bits per heavy atom. The molecular formula is C31H30ClN3O3. The number of hydrogen-bond donors (Lipinski definition) is 2. The van der Waals surface area contributed by atoms with Crippen LogP contribution in [0.5, 0.6) is 11.5 Å². The molecule has 0 aromatic heterocycles. The third-order valence-electron chi connectivity index (χ3n) is 5.81. The van der Waals surface area contributed by atoms with Crippen LogP contribution in [0.3, 0.4) is 0 Å². The number of urea groups is 1. The van der Waals surface area contributed by atoms with Gasteiger partial charge < -0.3 is 15.4 Å². The number of ether oxygens (including phenoxy) is 1. The van der Waals surface area contributed by atoms with Gasteiger partial charge in [0.15, 0.2) is 0 Å². The smallest absolute Gasteiger partial charge is 0.326 e. The predicted molar refractivity (Wildman–Crippen MR) is 153 cm³/mol. The maximum absolute atomic E-state index is 13.2. The van der Waals surface area contributed by atoms with Gasteiger partial charge in [0.25, 0.3) is 0 Å². The molecular weight excluding hydrogens is 498 g/mol. The fourth-order valence-electron chi connectivity index (χ4n) is 3.88. The lowest BCUT2D eigenvalue weighted by molar-refractivity contribution is -0.121. The van der Waals surface area contributed by atoms with Crippen LogP contribution < -0.4 is 20.3 Å². The van der Waals surface area contributed by atoms with Gasteiger partial charge in [0.05, 0.1) is 0 Å². The minimum atomic E-state index is -0.292. The van der Waals surface area contributed by atoms with Gasteiger partial charge in [0.1, 0.15) is 11.5 Å². The van der Waals surface area contributed by atoms with E-state index in [-0.39, 0.29) is 11.9 Å². The Bertz CT molecular complexity index is 1320. The number of carbonyl (C=O) groups is 2. The van der Waals surface area contributed by atoms with Gasteiger partial charge >= 0.3 is 6.03 Å². The van der Waals surface area contributed by atoms with Gasteiger partial charge in [0.2, 0.25) is 5.91 Å². The molecule has 0 saturated heterocycles. The molecule has 0 unspecified atom stereocenters. The van der Waals surface area contributed by atoms with E-state index in [4.69, 9.17) is 16.3 Å². The van der Waals surface area contributed by atoms with Gasteiger partial charge in [-0.2, -0.15) is 0 Å². The molecule has 0 bridgehead atoms. The molecule has 2 N–H and O–H groups in total. The minimum absolute atomic E-state index is 0.00815. The van der Waals surface area contributed by atoms with Crippen LogP contribution in [0.15, 0.2) is 109 Å². The van der Waals surface area contributed by atoms with Crippen molar-refractivity contribution in [1.82, 2.24) is 5.32 Å². The number of para-hydroxylation sites is 1. The highest BCUT2D eigenvalue weighted by atomic mass is 35.5. The molecule has 4 aromatic carbocycles. The van der Waals surface area contributed by atoms with Crippen molar-refractivity contribution in [2.45, 2.75) is 19.3 Å². The average molecular weight is 528 g/mol. The van der Waals surface area contributed by atoms with E-state index in [1.165, 1.54) is 0 Å². The molecule has 4 aromatic rings. The fraction of sp³-hybridized carbons (Fsp3) is 0.161. The lowest BCUT2D eigenvalue weighted by atomic mass is 10.1. The van der Waals surface area contributed by atoms with E-state index in [0.29, 0.717) is 54.5 Å². The molecule has 0 saturated carbocycles. The van der Waals surface area contributed by atoms with Gasteiger partial charge in [-0.25, -0.2) is 4.79 Å². The zero-order valence-electron chi connectivity index (χ0n) is 21.0. The zero-order valence-corrected chi connectivity index (χ0v) is 21.7. The summed E-state index contributed by atoms with van der Waals surface area (Å²) in [4.78, 5) is 27.2. The second-order valence-corrected chi connectivity index (χ2v) is 9.13. The summed E-state index contributed by atoms with van der Waals surface area (Å²) in [7, 11) is 0. The number of halogens is 1. The van der Waals surface area contributed by atoms with Gasteiger partial charge in [0, 0.05) is 35.9 Å². The summed E-state index contributed by atoms with van der Waals surface area (Å²) in [6.07, 6.45) is 1.70. The molecule has 7 heteroatoms. The molecule has 3 amide bonds. The molecule has 0 aliphatic rings. The van der Waals surface area contributed by atoms with Crippen LogP contribution in [0.4, 0.5) is 16.2 Å². The first kappa shape index (κ1) is 26.8. The van der Waals surface area contributed by atoms with Crippen LogP contribution >= 0.6 is 11.6 Å². The number of nitrogens with zero attached hydrogens (tertiary/aromatic N) is 1. The molecule has 0 spiro atoms. The minimum Gasteiger partial charge on any atom is -0.457 e. The quantitative estimate of drug-likeness (QED) is 0.201. The van der Waals surface area contributed by atoms with E-state index in [2.05, 4.69) is 10.6 Å². The highest BCUT2D eigenvalue weighted by molar-refractivity contribution is 6.30. The number of benzene rings is 4. The summed E-state index contributed by atoms with van der Waals surface area (Å²) in [5, 5.41) is 6.40. The van der Waals surface area contributed by atoms with Crippen LogP contribution in [0.25, 0.3) is 0 Å². The Kier molecular flexibility index (Phi) is 9.76. The summed E-state index contributed by atoms with van der Waals surface area (Å²) in [6, 6.07) is 33.5. The first-order chi connectivity index (χ1) is 18.6. The highest BCUT2D eigenvalue weighted by Crippen LogP contribution is 2.25. The summed E-state index contributed by atoms with van der Waals surface area (Å²) in [6.45, 7) is 0.869. The van der Waals surface area contributed by atoms with Crippen LogP contribution in [-0.4, -0.2) is 25.0 Å². The van der Waals surface area contributed by atoms with Crippen LogP contribution in [0, 0.1) is 0 Å². The maximum Gasteiger partial charge on any atom is 0.326 e. The third kappa shape index (κ3) is 8.39. The Balaban J connectivity index is 1.36. The van der Waals surface area contributed by atoms with Crippen LogP contribution in [0.1, 0.15) is 18.4 Å². The van der Waals surface area contributed by atoms with Gasteiger partial charge in [-0.15, -0.1) is 0 Å². The largest absolute Gasteiger partial charge is 0.457 e. The molecule has 4 rings (SSSR count). The second kappa shape index (κ2) is 13.9. The van der Waals surface area contributed by atoms with E-state index in [1.807, 2.05) is 84.9 Å². The summed E-state index contributed by atoms with van der Waals surface area (Å²) < 4.78 is 5.88. The fourth-order valence-corrected chi connectivity index (χ4v) is 4.07. The summed E-state index contributed by atoms with van der Waals surface area (Å²) in [5.41, 5.74) is 2.44. The molecule has 6 nitrogen and oxygen atoms in total. The standard InChI is InChI=1S/C31H30ClN3O3/c32-25-11-7-12-26(23-25)34-31(37)35(22-8-21-33-30(36)20-15-24-9-3-1-4-10-24)27-16-18-29(19-17-27)38-28-13-5-2-6-14-28/h1-7,9-14,16-19,23H,8,15,20-22H2,(H,33,36)(H,34,37). The van der Waals surface area contributed by atoms with Crippen molar-refractivity contribution < 1.29 is 14.3 Å². The van der Waals surface area contributed by atoms with Gasteiger partial charge in [-0.05, 0) is 73.0 Å². The number of nitrogens with one attached hydrogen (secondary N) is 2. The molecule has 0 heterocycles. The number of anilines is 2. The van der Waals surface area contributed by atoms with Crippen molar-refractivity contribution in [1.29, 1.82) is 0 Å². The second-order valence-electron chi connectivity index (χ2n) is 8.69. The number of rotatable bonds is 11. The Morgan fingerprint density at radius 2 is 1.47 bits per heavy atom. The number of carbonyl (C=O) groups excluding carboxylic acids is 2. The monoisotopic (exact) mass is 527 g/mol. The Morgan fingerprint density at radius 3 is 2.18 bits per heavy atom. The first-order valence-electron chi connectivity index (χ1n) is 12.5. The Hall–Kier alpha value is -4.29. The SMILES string of the molecule is O=C(CCc1ccccc1)NCCCN(C(=O)Nc1cccc(Cl)c1)c1ccc(Oc2ccccc2)cc1. The topological polar surface area (TPSA) is 70.7 Å². The lowest BCUT2D eigenvalue weighted by Gasteiger charge is -2.24. The van der Waals surface area contributed by atoms with Crippen LogP contribution in [-0.2, 0) is 11.2 Å². The van der Waals surface area contributed by atoms with E-state index in [1.54, 1.807) is 29.2 Å². The lowest BCUT2D eigenvalue weighted by Crippen LogP contribution is -2.37. The van der Waals surface area contributed by atoms with E-state index in [0.717, 1.165) is 11.3 Å². The first-order valence-corrected chi connectivity index (χ1v) is 12.9. The van der Waals surface area contributed by atoms with E-state index < -0.39 is 0 Å². The summed E-state index contributed by atoms with van der Waals surface area (Å²) in [5.74, 6) is 1.39. The molecule has 0 aliphatic heterocycles. The van der Waals surface area contributed by atoms with Crippen molar-refractivity contribution in [3.63, 3.8) is 0 Å². The van der Waals surface area contributed by atoms with Gasteiger partial charge in [-0.1, -0.05) is 66.2 Å². The van der Waals surface area contributed by atoms with E-state index >= 15 is 0 Å². The van der Waals surface area contributed by atoms with Crippen molar-refractivity contribution in [3.05, 3.63) is 120 Å². The molecule has 0 atom stereocenters.